The van der Waals surface area contributed by atoms with Gasteiger partial charge in [0.15, 0.2) is 11.0 Å². The fraction of sp³-hybridized carbons (Fsp3) is 0.0455. The molecule has 150 valence electrons. The molecule has 0 aliphatic rings. The average molecular weight is 439 g/mol. The van der Waals surface area contributed by atoms with Crippen molar-refractivity contribution in [1.29, 1.82) is 0 Å². The highest BCUT2D eigenvalue weighted by molar-refractivity contribution is 7.99. The summed E-state index contributed by atoms with van der Waals surface area (Å²) in [5, 5.41) is 12.4. The van der Waals surface area contributed by atoms with Crippen molar-refractivity contribution in [2.24, 2.45) is 0 Å². The Bertz CT molecular complexity index is 1180. The summed E-state index contributed by atoms with van der Waals surface area (Å²) in [6, 6.07) is 22.8. The minimum Gasteiger partial charge on any atom is -0.325 e. The first-order valence-corrected chi connectivity index (χ1v) is 10.4. The summed E-state index contributed by atoms with van der Waals surface area (Å²) in [5.74, 6) is -0.00899. The lowest BCUT2D eigenvalue weighted by Gasteiger charge is -2.11. The molecule has 0 fully saturated rings. The molecule has 0 spiro atoms. The van der Waals surface area contributed by atoms with Crippen LogP contribution in [0.4, 0.5) is 10.1 Å². The van der Waals surface area contributed by atoms with Gasteiger partial charge in [0.2, 0.25) is 5.91 Å². The van der Waals surface area contributed by atoms with E-state index in [1.807, 2.05) is 53.1 Å². The second-order valence-corrected chi connectivity index (χ2v) is 7.65. The Hall–Kier alpha value is -3.16. The lowest BCUT2D eigenvalue weighted by Crippen LogP contribution is -2.14. The summed E-state index contributed by atoms with van der Waals surface area (Å²) in [7, 11) is 0. The van der Waals surface area contributed by atoms with Gasteiger partial charge < -0.3 is 5.32 Å². The maximum absolute atomic E-state index is 13.3. The predicted octanol–water partition coefficient (Wildman–Crippen LogP) is 5.46. The van der Waals surface area contributed by atoms with Crippen molar-refractivity contribution in [1.82, 2.24) is 14.8 Å². The molecule has 4 rings (SSSR count). The van der Waals surface area contributed by atoms with Crippen LogP contribution in [-0.4, -0.2) is 26.4 Å². The number of para-hydroxylation sites is 1. The van der Waals surface area contributed by atoms with Crippen molar-refractivity contribution in [2.75, 3.05) is 11.1 Å². The predicted molar refractivity (Wildman–Crippen MR) is 118 cm³/mol. The van der Waals surface area contributed by atoms with E-state index in [0.29, 0.717) is 21.7 Å². The lowest BCUT2D eigenvalue weighted by molar-refractivity contribution is -0.113. The van der Waals surface area contributed by atoms with E-state index in [9.17, 15) is 9.18 Å². The van der Waals surface area contributed by atoms with E-state index in [1.54, 1.807) is 18.2 Å². The van der Waals surface area contributed by atoms with Gasteiger partial charge in [-0.1, -0.05) is 59.8 Å². The topological polar surface area (TPSA) is 59.8 Å². The first-order chi connectivity index (χ1) is 14.6. The van der Waals surface area contributed by atoms with Gasteiger partial charge in [0, 0.05) is 16.9 Å². The van der Waals surface area contributed by atoms with Crippen LogP contribution in [0.1, 0.15) is 0 Å². The van der Waals surface area contributed by atoms with Gasteiger partial charge in [-0.2, -0.15) is 0 Å². The monoisotopic (exact) mass is 438 g/mol. The molecule has 8 heteroatoms. The molecule has 0 saturated carbocycles. The SMILES string of the molecule is O=C(CSc1nnc(-c2ccccc2Cl)n1-c1ccccc1)Nc1cccc(F)c1. The van der Waals surface area contributed by atoms with E-state index in [1.165, 1.54) is 23.9 Å². The molecule has 30 heavy (non-hydrogen) atoms. The molecule has 0 radical (unpaired) electrons. The summed E-state index contributed by atoms with van der Waals surface area (Å²) in [6.45, 7) is 0. The highest BCUT2D eigenvalue weighted by Crippen LogP contribution is 2.31. The molecule has 1 aromatic heterocycles. The largest absolute Gasteiger partial charge is 0.325 e. The summed E-state index contributed by atoms with van der Waals surface area (Å²) in [4.78, 5) is 12.3. The van der Waals surface area contributed by atoms with E-state index in [0.717, 1.165) is 11.3 Å². The first-order valence-electron chi connectivity index (χ1n) is 9.06. The van der Waals surface area contributed by atoms with Gasteiger partial charge in [0.05, 0.1) is 10.8 Å². The van der Waals surface area contributed by atoms with Gasteiger partial charge in [-0.25, -0.2) is 4.39 Å². The molecule has 0 unspecified atom stereocenters. The van der Waals surface area contributed by atoms with E-state index in [-0.39, 0.29) is 11.7 Å². The van der Waals surface area contributed by atoms with Crippen molar-refractivity contribution in [3.63, 3.8) is 0 Å². The normalized spacial score (nSPS) is 10.7. The van der Waals surface area contributed by atoms with Gasteiger partial charge in [-0.05, 0) is 42.5 Å². The van der Waals surface area contributed by atoms with Crippen LogP contribution in [0.15, 0.2) is 84.0 Å². The number of halogens is 2. The van der Waals surface area contributed by atoms with Crippen molar-refractivity contribution < 1.29 is 9.18 Å². The Morgan fingerprint density at radius 1 is 1.00 bits per heavy atom. The molecular weight excluding hydrogens is 423 g/mol. The summed E-state index contributed by atoms with van der Waals surface area (Å²) < 4.78 is 15.2. The third-order valence-electron chi connectivity index (χ3n) is 4.20. The van der Waals surface area contributed by atoms with Crippen LogP contribution in [-0.2, 0) is 4.79 Å². The Morgan fingerprint density at radius 3 is 2.53 bits per heavy atom. The number of thioether (sulfide) groups is 1. The minimum atomic E-state index is -0.409. The standard InChI is InChI=1S/C22H16ClFN4OS/c23-19-12-5-4-11-18(19)21-26-27-22(28(21)17-9-2-1-3-10-17)30-14-20(29)25-16-8-6-7-15(24)13-16/h1-13H,14H2,(H,25,29). The zero-order valence-electron chi connectivity index (χ0n) is 15.6. The second-order valence-electron chi connectivity index (χ2n) is 6.30. The third kappa shape index (κ3) is 4.53. The number of carbonyl (C=O) groups is 1. The maximum atomic E-state index is 13.3. The summed E-state index contributed by atoms with van der Waals surface area (Å²) in [5.41, 5.74) is 2.00. The van der Waals surface area contributed by atoms with Crippen LogP contribution in [0.3, 0.4) is 0 Å². The number of hydrogen-bond acceptors (Lipinski definition) is 4. The Kier molecular flexibility index (Phi) is 6.11. The number of benzene rings is 3. The molecule has 1 heterocycles. The fourth-order valence-corrected chi connectivity index (χ4v) is 3.86. The summed E-state index contributed by atoms with van der Waals surface area (Å²) >= 11 is 7.61. The van der Waals surface area contributed by atoms with Crippen LogP contribution in [0.5, 0.6) is 0 Å². The lowest BCUT2D eigenvalue weighted by atomic mass is 10.2. The van der Waals surface area contributed by atoms with Crippen molar-refractivity contribution >= 4 is 35.0 Å². The number of hydrogen-bond donors (Lipinski definition) is 1. The van der Waals surface area contributed by atoms with Crippen LogP contribution < -0.4 is 5.32 Å². The molecule has 1 amide bonds. The Morgan fingerprint density at radius 2 is 1.77 bits per heavy atom. The number of aromatic nitrogens is 3. The molecule has 3 aromatic carbocycles. The van der Waals surface area contributed by atoms with E-state index < -0.39 is 5.82 Å². The maximum Gasteiger partial charge on any atom is 0.234 e. The van der Waals surface area contributed by atoms with Crippen LogP contribution >= 0.6 is 23.4 Å². The Balaban J connectivity index is 1.60. The molecule has 0 bridgehead atoms. The van der Waals surface area contributed by atoms with Gasteiger partial charge in [0.1, 0.15) is 5.82 Å². The third-order valence-corrected chi connectivity index (χ3v) is 5.46. The number of rotatable bonds is 6. The van der Waals surface area contributed by atoms with Crippen LogP contribution in [0.2, 0.25) is 5.02 Å². The molecule has 5 nitrogen and oxygen atoms in total. The molecule has 4 aromatic rings. The van der Waals surface area contributed by atoms with E-state index >= 15 is 0 Å². The van der Waals surface area contributed by atoms with E-state index in [2.05, 4.69) is 15.5 Å². The molecule has 0 aliphatic heterocycles. The average Bonchev–Trinajstić information content (AvgIpc) is 3.17. The second kappa shape index (κ2) is 9.11. The molecule has 1 N–H and O–H groups in total. The van der Waals surface area contributed by atoms with Gasteiger partial charge in [-0.15, -0.1) is 10.2 Å². The van der Waals surface area contributed by atoms with Gasteiger partial charge in [0.25, 0.3) is 0 Å². The van der Waals surface area contributed by atoms with Crippen molar-refractivity contribution in [2.45, 2.75) is 5.16 Å². The van der Waals surface area contributed by atoms with Gasteiger partial charge in [-0.3, -0.25) is 9.36 Å². The van der Waals surface area contributed by atoms with Gasteiger partial charge >= 0.3 is 0 Å². The Labute approximate surface area is 181 Å². The van der Waals surface area contributed by atoms with Crippen molar-refractivity contribution in [3.05, 3.63) is 89.7 Å². The number of nitrogens with zero attached hydrogens (tertiary/aromatic N) is 3. The molecular formula is C22H16ClFN4OS. The van der Waals surface area contributed by atoms with E-state index in [4.69, 9.17) is 11.6 Å². The highest BCUT2D eigenvalue weighted by Gasteiger charge is 2.18. The number of anilines is 1. The smallest absolute Gasteiger partial charge is 0.234 e. The zero-order chi connectivity index (χ0) is 20.9. The summed E-state index contributed by atoms with van der Waals surface area (Å²) in [6.07, 6.45) is 0. The molecule has 0 atom stereocenters. The van der Waals surface area contributed by atoms with Crippen molar-refractivity contribution in [3.8, 4) is 17.1 Å². The van der Waals surface area contributed by atoms with Crippen LogP contribution in [0, 0.1) is 5.82 Å². The highest BCUT2D eigenvalue weighted by atomic mass is 35.5. The fourth-order valence-electron chi connectivity index (χ4n) is 2.88. The minimum absolute atomic E-state index is 0.0873. The quantitative estimate of drug-likeness (QED) is 0.406. The number of amides is 1. The molecule has 0 aliphatic carbocycles. The van der Waals surface area contributed by atoms with Crippen LogP contribution in [0.25, 0.3) is 17.1 Å². The first kappa shape index (κ1) is 20.1. The number of carbonyl (C=O) groups excluding carboxylic acids is 1. The zero-order valence-corrected chi connectivity index (χ0v) is 17.2. The molecule has 0 saturated heterocycles. The number of nitrogens with one attached hydrogen (secondary N) is 1.